The fourth-order valence-electron chi connectivity index (χ4n) is 2.68. The second-order valence-corrected chi connectivity index (χ2v) is 6.18. The number of amides is 1. The molecule has 1 aromatic heterocycles. The fraction of sp³-hybridized carbons (Fsp3) is 0.0476. The zero-order chi connectivity index (χ0) is 22.6. The number of carbonyl (C=O) groups excluding carboxylic acids is 1. The van der Waals surface area contributed by atoms with E-state index in [1.165, 1.54) is 36.4 Å². The molecule has 0 aliphatic heterocycles. The third-order valence-corrected chi connectivity index (χ3v) is 4.09. The molecule has 0 unspecified atom stereocenters. The molecule has 0 radical (unpaired) electrons. The van der Waals surface area contributed by atoms with Crippen LogP contribution in [0.3, 0.4) is 0 Å². The van der Waals surface area contributed by atoms with Gasteiger partial charge >= 0.3 is 6.18 Å². The summed E-state index contributed by atoms with van der Waals surface area (Å²) in [6.07, 6.45) is -3.50. The van der Waals surface area contributed by atoms with Crippen molar-refractivity contribution in [2.24, 2.45) is 0 Å². The number of furan rings is 1. The number of carbonyl (C=O) groups is 1. The Bertz CT molecular complexity index is 1220. The molecule has 0 aliphatic rings. The van der Waals surface area contributed by atoms with Crippen molar-refractivity contribution in [1.29, 1.82) is 5.26 Å². The molecule has 0 spiro atoms. The minimum Gasteiger partial charge on any atom is -0.456 e. The predicted octanol–water partition coefficient (Wildman–Crippen LogP) is 5.42. The van der Waals surface area contributed by atoms with Crippen LogP contribution in [0.5, 0.6) is 0 Å². The quantitative estimate of drug-likeness (QED) is 0.253. The first kappa shape index (κ1) is 21.3. The second-order valence-electron chi connectivity index (χ2n) is 6.18. The third kappa shape index (κ3) is 4.97. The van der Waals surface area contributed by atoms with Crippen molar-refractivity contribution in [3.05, 3.63) is 87.7 Å². The van der Waals surface area contributed by atoms with Gasteiger partial charge in [-0.3, -0.25) is 14.9 Å². The molecule has 31 heavy (non-hydrogen) atoms. The number of hydrogen-bond donors (Lipinski definition) is 1. The van der Waals surface area contributed by atoms with Crippen molar-refractivity contribution >= 4 is 23.4 Å². The van der Waals surface area contributed by atoms with Crippen LogP contribution < -0.4 is 5.32 Å². The van der Waals surface area contributed by atoms with E-state index < -0.39 is 28.1 Å². The lowest BCUT2D eigenvalue weighted by Gasteiger charge is -2.09. The predicted molar refractivity (Wildman–Crippen MR) is 104 cm³/mol. The van der Waals surface area contributed by atoms with Crippen LogP contribution in [0.15, 0.2) is 70.7 Å². The number of nitro benzene ring substituents is 1. The lowest BCUT2D eigenvalue weighted by atomic mass is 10.1. The first-order chi connectivity index (χ1) is 14.7. The molecule has 0 atom stereocenters. The Morgan fingerprint density at radius 1 is 1.13 bits per heavy atom. The Kier molecular flexibility index (Phi) is 5.88. The average molecular weight is 427 g/mol. The number of halogens is 3. The van der Waals surface area contributed by atoms with E-state index in [9.17, 15) is 33.3 Å². The molecule has 0 saturated carbocycles. The molecule has 1 amide bonds. The molecule has 0 bridgehead atoms. The zero-order valence-electron chi connectivity index (χ0n) is 15.5. The van der Waals surface area contributed by atoms with Gasteiger partial charge in [0.05, 0.1) is 16.1 Å². The fourth-order valence-corrected chi connectivity index (χ4v) is 2.68. The number of nitriles is 1. The first-order valence-corrected chi connectivity index (χ1v) is 8.63. The van der Waals surface area contributed by atoms with Crippen LogP contribution in [0.2, 0.25) is 0 Å². The van der Waals surface area contributed by atoms with E-state index in [0.717, 1.165) is 24.3 Å². The molecule has 10 heteroatoms. The van der Waals surface area contributed by atoms with Crippen LogP contribution in [0.4, 0.5) is 24.5 Å². The number of nitro groups is 1. The van der Waals surface area contributed by atoms with Crippen LogP contribution in [0, 0.1) is 21.4 Å². The highest BCUT2D eigenvalue weighted by Gasteiger charge is 2.30. The topological polar surface area (TPSA) is 109 Å². The molecular formula is C21H12F3N3O4. The zero-order valence-corrected chi connectivity index (χ0v) is 15.5. The van der Waals surface area contributed by atoms with Gasteiger partial charge in [-0.25, -0.2) is 0 Å². The van der Waals surface area contributed by atoms with Crippen molar-refractivity contribution in [3.8, 4) is 17.4 Å². The maximum atomic E-state index is 12.8. The Hall–Kier alpha value is -4.39. The summed E-state index contributed by atoms with van der Waals surface area (Å²) in [5.74, 6) is -0.733. The van der Waals surface area contributed by atoms with Crippen molar-refractivity contribution in [2.75, 3.05) is 5.32 Å². The van der Waals surface area contributed by atoms with Gasteiger partial charge in [-0.2, -0.15) is 18.4 Å². The summed E-state index contributed by atoms with van der Waals surface area (Å²) in [6, 6.07) is 14.3. The molecule has 0 saturated heterocycles. The first-order valence-electron chi connectivity index (χ1n) is 8.63. The number of nitrogens with zero attached hydrogens (tertiary/aromatic N) is 2. The number of para-hydroxylation sites is 1. The maximum absolute atomic E-state index is 12.8. The number of benzene rings is 2. The molecule has 0 fully saturated rings. The lowest BCUT2D eigenvalue weighted by molar-refractivity contribution is -0.384. The van der Waals surface area contributed by atoms with Gasteiger partial charge in [-0.05, 0) is 36.4 Å². The van der Waals surface area contributed by atoms with Gasteiger partial charge in [-0.15, -0.1) is 0 Å². The molecular weight excluding hydrogens is 415 g/mol. The Balaban J connectivity index is 1.84. The van der Waals surface area contributed by atoms with Crippen LogP contribution in [-0.2, 0) is 11.0 Å². The van der Waals surface area contributed by atoms with Gasteiger partial charge < -0.3 is 9.73 Å². The van der Waals surface area contributed by atoms with Crippen molar-refractivity contribution in [2.45, 2.75) is 6.18 Å². The smallest absolute Gasteiger partial charge is 0.416 e. The monoisotopic (exact) mass is 427 g/mol. The average Bonchev–Trinajstić information content (AvgIpc) is 3.20. The molecule has 7 nitrogen and oxygen atoms in total. The van der Waals surface area contributed by atoms with Crippen LogP contribution in [-0.4, -0.2) is 10.8 Å². The molecule has 1 heterocycles. The second kappa shape index (κ2) is 8.54. The number of nitrogens with one attached hydrogen (secondary N) is 1. The third-order valence-electron chi connectivity index (χ3n) is 4.09. The summed E-state index contributed by atoms with van der Waals surface area (Å²) >= 11 is 0. The van der Waals surface area contributed by atoms with E-state index in [4.69, 9.17) is 4.42 Å². The summed E-state index contributed by atoms with van der Waals surface area (Å²) in [5, 5.41) is 22.7. The molecule has 0 aliphatic carbocycles. The number of hydrogen-bond acceptors (Lipinski definition) is 5. The molecule has 156 valence electrons. The van der Waals surface area contributed by atoms with E-state index >= 15 is 0 Å². The largest absolute Gasteiger partial charge is 0.456 e. The highest BCUT2D eigenvalue weighted by molar-refractivity contribution is 6.09. The van der Waals surface area contributed by atoms with E-state index in [1.54, 1.807) is 12.1 Å². The Labute approximate surface area is 173 Å². The number of anilines is 1. The SMILES string of the molecule is N#CC(=Cc1ccc(-c2ccccc2[N+](=O)[O-])o1)C(=O)Nc1cccc(C(F)(F)F)c1. The summed E-state index contributed by atoms with van der Waals surface area (Å²) in [4.78, 5) is 22.9. The normalized spacial score (nSPS) is 11.6. The molecule has 3 rings (SSSR count). The summed E-state index contributed by atoms with van der Waals surface area (Å²) in [7, 11) is 0. The minimum atomic E-state index is -4.58. The van der Waals surface area contributed by atoms with Gasteiger partial charge in [0.1, 0.15) is 23.2 Å². The lowest BCUT2D eigenvalue weighted by Crippen LogP contribution is -2.14. The molecule has 3 aromatic rings. The highest BCUT2D eigenvalue weighted by atomic mass is 19.4. The minimum absolute atomic E-state index is 0.0592. The van der Waals surface area contributed by atoms with Gasteiger partial charge in [-0.1, -0.05) is 18.2 Å². The summed E-state index contributed by atoms with van der Waals surface area (Å²) in [6.45, 7) is 0. The summed E-state index contributed by atoms with van der Waals surface area (Å²) < 4.78 is 43.9. The Morgan fingerprint density at radius 2 is 1.87 bits per heavy atom. The number of rotatable bonds is 5. The van der Waals surface area contributed by atoms with Crippen LogP contribution >= 0.6 is 0 Å². The van der Waals surface area contributed by atoms with Gasteiger partial charge in [0.2, 0.25) is 0 Å². The van der Waals surface area contributed by atoms with Crippen LogP contribution in [0.25, 0.3) is 17.4 Å². The van der Waals surface area contributed by atoms with Gasteiger partial charge in [0, 0.05) is 17.8 Å². The van der Waals surface area contributed by atoms with Crippen molar-refractivity contribution < 1.29 is 27.3 Å². The van der Waals surface area contributed by atoms with Crippen molar-refractivity contribution in [1.82, 2.24) is 0 Å². The number of alkyl halides is 3. The van der Waals surface area contributed by atoms with E-state index in [1.807, 2.05) is 0 Å². The van der Waals surface area contributed by atoms with Gasteiger partial charge in [0.15, 0.2) is 0 Å². The summed E-state index contributed by atoms with van der Waals surface area (Å²) in [5.41, 5.74) is -1.50. The highest BCUT2D eigenvalue weighted by Crippen LogP contribution is 2.32. The van der Waals surface area contributed by atoms with E-state index in [2.05, 4.69) is 5.32 Å². The standard InChI is InChI=1S/C21H12F3N3O4/c22-21(23,24)14-4-3-5-15(11-14)26-20(28)13(12-25)10-16-8-9-19(31-16)17-6-1-2-7-18(17)27(29)30/h1-11H,(H,26,28). The maximum Gasteiger partial charge on any atom is 0.416 e. The molecule has 1 N–H and O–H groups in total. The van der Waals surface area contributed by atoms with Gasteiger partial charge in [0.25, 0.3) is 11.6 Å². The van der Waals surface area contributed by atoms with Crippen molar-refractivity contribution in [3.63, 3.8) is 0 Å². The molecule has 2 aromatic carbocycles. The van der Waals surface area contributed by atoms with E-state index in [0.29, 0.717) is 0 Å². The van der Waals surface area contributed by atoms with Crippen LogP contribution in [0.1, 0.15) is 11.3 Å². The Morgan fingerprint density at radius 3 is 2.55 bits per heavy atom. The van der Waals surface area contributed by atoms with E-state index in [-0.39, 0.29) is 28.5 Å².